The zero-order chi connectivity index (χ0) is 17.1. The maximum atomic E-state index is 12.4. The second kappa shape index (κ2) is 6.83. The predicted molar refractivity (Wildman–Crippen MR) is 92.5 cm³/mol. The molecule has 0 aliphatic carbocycles. The van der Waals surface area contributed by atoms with Crippen molar-refractivity contribution in [2.24, 2.45) is 5.92 Å². The number of nitrogens with one attached hydrogen (secondary N) is 1. The lowest BCUT2D eigenvalue weighted by Crippen LogP contribution is -2.32. The minimum Gasteiger partial charge on any atom is -0.352 e. The highest BCUT2D eigenvalue weighted by Crippen LogP contribution is 2.27. The van der Waals surface area contributed by atoms with Gasteiger partial charge in [-0.1, -0.05) is 12.1 Å². The molecular weight excluding hydrogens is 302 g/mol. The molecule has 1 saturated heterocycles. The average molecular weight is 323 g/mol. The Morgan fingerprint density at radius 3 is 2.71 bits per heavy atom. The van der Waals surface area contributed by atoms with E-state index in [1.165, 1.54) is 0 Å². The van der Waals surface area contributed by atoms with Crippen LogP contribution < -0.4 is 10.2 Å². The molecule has 0 radical (unpaired) electrons. The number of nitrogens with zero attached hydrogens (tertiary/aromatic N) is 2. The van der Waals surface area contributed by atoms with Gasteiger partial charge in [-0.3, -0.25) is 14.6 Å². The van der Waals surface area contributed by atoms with Crippen molar-refractivity contribution < 1.29 is 9.59 Å². The number of rotatable bonds is 4. The van der Waals surface area contributed by atoms with Crippen LogP contribution in [-0.4, -0.2) is 23.3 Å². The van der Waals surface area contributed by atoms with E-state index >= 15 is 0 Å². The summed E-state index contributed by atoms with van der Waals surface area (Å²) >= 11 is 0. The number of hydrogen-bond donors (Lipinski definition) is 1. The molecule has 0 bridgehead atoms. The van der Waals surface area contributed by atoms with Crippen molar-refractivity contribution >= 4 is 17.5 Å². The summed E-state index contributed by atoms with van der Waals surface area (Å²) < 4.78 is 0. The molecule has 1 fully saturated rings. The number of carbonyl (C=O) groups is 2. The smallest absolute Gasteiger partial charge is 0.227 e. The van der Waals surface area contributed by atoms with E-state index in [0.717, 1.165) is 22.4 Å². The van der Waals surface area contributed by atoms with Gasteiger partial charge in [-0.05, 0) is 48.7 Å². The van der Waals surface area contributed by atoms with Crippen LogP contribution in [0.25, 0.3) is 0 Å². The van der Waals surface area contributed by atoms with Crippen LogP contribution >= 0.6 is 0 Å². The minimum absolute atomic E-state index is 0.00141. The van der Waals surface area contributed by atoms with E-state index in [4.69, 9.17) is 0 Å². The van der Waals surface area contributed by atoms with E-state index in [1.54, 1.807) is 17.3 Å². The maximum Gasteiger partial charge on any atom is 0.227 e. The molecule has 2 heterocycles. The Labute approximate surface area is 141 Å². The highest BCUT2D eigenvalue weighted by molar-refractivity contribution is 6.00. The van der Waals surface area contributed by atoms with Gasteiger partial charge in [-0.2, -0.15) is 0 Å². The van der Waals surface area contributed by atoms with E-state index in [2.05, 4.69) is 16.4 Å². The molecule has 1 aromatic carbocycles. The van der Waals surface area contributed by atoms with Crippen LogP contribution in [-0.2, 0) is 16.1 Å². The van der Waals surface area contributed by atoms with Crippen molar-refractivity contribution in [1.82, 2.24) is 10.3 Å². The molecule has 1 N–H and O–H groups in total. The first-order valence-corrected chi connectivity index (χ1v) is 8.08. The number of anilines is 1. The number of benzene rings is 1. The van der Waals surface area contributed by atoms with Gasteiger partial charge >= 0.3 is 0 Å². The second-order valence-corrected chi connectivity index (χ2v) is 6.33. The number of aryl methyl sites for hydroxylation is 2. The van der Waals surface area contributed by atoms with Crippen LogP contribution in [0.2, 0.25) is 0 Å². The van der Waals surface area contributed by atoms with Crippen LogP contribution in [0, 0.1) is 19.8 Å². The molecule has 5 nitrogen and oxygen atoms in total. The number of aromatic nitrogens is 1. The van der Waals surface area contributed by atoms with E-state index in [0.29, 0.717) is 13.1 Å². The molecule has 5 heteroatoms. The lowest BCUT2D eigenvalue weighted by atomic mass is 10.1. The molecule has 124 valence electrons. The van der Waals surface area contributed by atoms with Gasteiger partial charge in [0.05, 0.1) is 5.92 Å². The summed E-state index contributed by atoms with van der Waals surface area (Å²) in [6.07, 6.45) is 3.68. The average Bonchev–Trinajstić information content (AvgIpc) is 2.95. The van der Waals surface area contributed by atoms with Gasteiger partial charge in [0, 0.05) is 37.6 Å². The SMILES string of the molecule is Cc1cc(C)cc(N2C[C@@H](C(=O)NCc3cccnc3)CC2=O)c1. The molecule has 0 unspecified atom stereocenters. The topological polar surface area (TPSA) is 62.3 Å². The molecule has 1 aliphatic heterocycles. The summed E-state index contributed by atoms with van der Waals surface area (Å²) in [6, 6.07) is 9.79. The number of amides is 2. The van der Waals surface area contributed by atoms with E-state index in [-0.39, 0.29) is 24.2 Å². The standard InChI is InChI=1S/C19H21N3O2/c1-13-6-14(2)8-17(7-13)22-12-16(9-18(22)23)19(24)21-11-15-4-3-5-20-10-15/h3-8,10,16H,9,11-12H2,1-2H3,(H,21,24)/t16-/m0/s1. The zero-order valence-corrected chi connectivity index (χ0v) is 14.0. The van der Waals surface area contributed by atoms with Gasteiger partial charge in [0.2, 0.25) is 11.8 Å². The molecule has 1 atom stereocenters. The van der Waals surface area contributed by atoms with Crippen LogP contribution in [0.4, 0.5) is 5.69 Å². The Hall–Kier alpha value is -2.69. The molecule has 0 saturated carbocycles. The first kappa shape index (κ1) is 16.2. The van der Waals surface area contributed by atoms with Crippen LogP contribution in [0.3, 0.4) is 0 Å². The lowest BCUT2D eigenvalue weighted by molar-refractivity contribution is -0.126. The summed E-state index contributed by atoms with van der Waals surface area (Å²) in [5.74, 6) is -0.393. The molecule has 1 aliphatic rings. The number of carbonyl (C=O) groups excluding carboxylic acids is 2. The Bertz CT molecular complexity index is 738. The largest absolute Gasteiger partial charge is 0.352 e. The fourth-order valence-electron chi connectivity index (χ4n) is 3.08. The van der Waals surface area contributed by atoms with Crippen molar-refractivity contribution in [2.75, 3.05) is 11.4 Å². The zero-order valence-electron chi connectivity index (χ0n) is 14.0. The summed E-state index contributed by atoms with van der Waals surface area (Å²) in [5, 5.41) is 2.90. The molecule has 0 spiro atoms. The monoisotopic (exact) mass is 323 g/mol. The first-order valence-electron chi connectivity index (χ1n) is 8.08. The van der Waals surface area contributed by atoms with Gasteiger partial charge < -0.3 is 10.2 Å². The Morgan fingerprint density at radius 1 is 1.29 bits per heavy atom. The van der Waals surface area contributed by atoms with Gasteiger partial charge in [-0.15, -0.1) is 0 Å². The van der Waals surface area contributed by atoms with Crippen LogP contribution in [0.5, 0.6) is 0 Å². The molecule has 3 rings (SSSR count). The third kappa shape index (κ3) is 3.62. The normalized spacial score (nSPS) is 17.2. The Balaban J connectivity index is 1.64. The van der Waals surface area contributed by atoms with Crippen molar-refractivity contribution in [3.63, 3.8) is 0 Å². The molecule has 24 heavy (non-hydrogen) atoms. The van der Waals surface area contributed by atoms with Gasteiger partial charge in [0.25, 0.3) is 0 Å². The minimum atomic E-state index is -0.310. The van der Waals surface area contributed by atoms with Crippen LogP contribution in [0.15, 0.2) is 42.7 Å². The predicted octanol–water partition coefficient (Wildman–Crippen LogP) is 2.37. The summed E-state index contributed by atoms with van der Waals surface area (Å²) in [5.41, 5.74) is 4.05. The van der Waals surface area contributed by atoms with Gasteiger partial charge in [-0.25, -0.2) is 0 Å². The van der Waals surface area contributed by atoms with E-state index < -0.39 is 0 Å². The quantitative estimate of drug-likeness (QED) is 0.939. The number of pyridine rings is 1. The number of hydrogen-bond acceptors (Lipinski definition) is 3. The Kier molecular flexibility index (Phi) is 4.60. The Morgan fingerprint density at radius 2 is 2.04 bits per heavy atom. The fourth-order valence-corrected chi connectivity index (χ4v) is 3.08. The van der Waals surface area contributed by atoms with Crippen molar-refractivity contribution in [2.45, 2.75) is 26.8 Å². The third-order valence-electron chi connectivity index (χ3n) is 4.20. The highest BCUT2D eigenvalue weighted by atomic mass is 16.2. The lowest BCUT2D eigenvalue weighted by Gasteiger charge is -2.18. The van der Waals surface area contributed by atoms with Crippen LogP contribution in [0.1, 0.15) is 23.1 Å². The van der Waals surface area contributed by atoms with Gasteiger partial charge in [0.1, 0.15) is 0 Å². The van der Waals surface area contributed by atoms with Crippen molar-refractivity contribution in [3.05, 3.63) is 59.4 Å². The van der Waals surface area contributed by atoms with Crippen molar-refractivity contribution in [3.8, 4) is 0 Å². The highest BCUT2D eigenvalue weighted by Gasteiger charge is 2.35. The van der Waals surface area contributed by atoms with Gasteiger partial charge in [0.15, 0.2) is 0 Å². The van der Waals surface area contributed by atoms with E-state index in [1.807, 2.05) is 38.1 Å². The summed E-state index contributed by atoms with van der Waals surface area (Å²) in [7, 11) is 0. The molecule has 2 amide bonds. The summed E-state index contributed by atoms with van der Waals surface area (Å²) in [4.78, 5) is 30.4. The molecule has 1 aromatic heterocycles. The van der Waals surface area contributed by atoms with E-state index in [9.17, 15) is 9.59 Å². The third-order valence-corrected chi connectivity index (χ3v) is 4.20. The molecule has 2 aromatic rings. The van der Waals surface area contributed by atoms with Crippen molar-refractivity contribution in [1.29, 1.82) is 0 Å². The maximum absolute atomic E-state index is 12.4. The first-order chi connectivity index (χ1) is 11.5. The molecular formula is C19H21N3O2. The summed E-state index contributed by atoms with van der Waals surface area (Å²) in [6.45, 7) is 4.88. The second-order valence-electron chi connectivity index (χ2n) is 6.33. The fraction of sp³-hybridized carbons (Fsp3) is 0.316.